The van der Waals surface area contributed by atoms with Crippen molar-refractivity contribution in [2.75, 3.05) is 13.1 Å². The molecule has 0 saturated carbocycles. The van der Waals surface area contributed by atoms with E-state index in [0.717, 1.165) is 50.7 Å². The second-order valence-electron chi connectivity index (χ2n) is 9.76. The van der Waals surface area contributed by atoms with Gasteiger partial charge in [-0.2, -0.15) is 0 Å². The van der Waals surface area contributed by atoms with E-state index in [9.17, 15) is 5.11 Å². The van der Waals surface area contributed by atoms with Crippen LogP contribution in [-0.2, 0) is 16.9 Å². The van der Waals surface area contributed by atoms with Crippen LogP contribution in [0.2, 0.25) is 0 Å². The zero-order valence-electron chi connectivity index (χ0n) is 19.3. The molecule has 2 aliphatic rings. The molecule has 2 unspecified atom stereocenters. The molecular formula is C26H38N2O2. The van der Waals surface area contributed by atoms with Crippen molar-refractivity contribution in [3.8, 4) is 0 Å². The van der Waals surface area contributed by atoms with Gasteiger partial charge in [-0.05, 0) is 71.2 Å². The van der Waals surface area contributed by atoms with Crippen LogP contribution in [0.1, 0.15) is 77.7 Å². The van der Waals surface area contributed by atoms with E-state index in [1.165, 1.54) is 16.6 Å². The van der Waals surface area contributed by atoms with Gasteiger partial charge < -0.3 is 19.3 Å². The Morgan fingerprint density at radius 1 is 1.27 bits per heavy atom. The fraction of sp³-hybridized carbons (Fsp3) is 0.615. The summed E-state index contributed by atoms with van der Waals surface area (Å²) in [6, 6.07) is 8.58. The molecule has 0 amide bonds. The first kappa shape index (κ1) is 21.5. The van der Waals surface area contributed by atoms with Crippen molar-refractivity contribution in [1.82, 2.24) is 9.47 Å². The van der Waals surface area contributed by atoms with Gasteiger partial charge in [0.1, 0.15) is 11.8 Å². The van der Waals surface area contributed by atoms with Crippen molar-refractivity contribution in [2.45, 2.75) is 84.7 Å². The van der Waals surface area contributed by atoms with Gasteiger partial charge in [0.15, 0.2) is 0 Å². The molecule has 0 radical (unpaired) electrons. The summed E-state index contributed by atoms with van der Waals surface area (Å²) < 4.78 is 8.93. The summed E-state index contributed by atoms with van der Waals surface area (Å²) in [5.41, 5.74) is 2.72. The van der Waals surface area contributed by atoms with Crippen LogP contribution in [0, 0.1) is 5.41 Å². The third-order valence-corrected chi connectivity index (χ3v) is 7.23. The molecule has 30 heavy (non-hydrogen) atoms. The standard InChI is InChI=1S/C26H38N2O2/c1-6-15-27-16-10-14-26(7-2)18-25(5,29)28-22-12-9-8-11-20(22)21(13-17-27)23(28)24(26)30-19(3)4/h6,8-9,11-12,15,19,24,29H,7,10,13-14,16-18H2,1-5H3/b15-6+/t24?,25?,26-/m0/s1. The van der Waals surface area contributed by atoms with Gasteiger partial charge in [0.25, 0.3) is 0 Å². The second kappa shape index (κ2) is 8.05. The molecule has 2 aliphatic heterocycles. The SMILES string of the molecule is C/C=C/N1CCC[C@@]2(CC)CC(C)(O)n3c(c(c4ccccc43)CC1)C2OC(C)C. The Bertz CT molecular complexity index is 927. The molecule has 3 heterocycles. The first-order valence-electron chi connectivity index (χ1n) is 11.7. The molecule has 4 rings (SSSR count). The van der Waals surface area contributed by atoms with Crippen LogP contribution in [0.4, 0.5) is 0 Å². The predicted octanol–water partition coefficient (Wildman–Crippen LogP) is 5.74. The number of ether oxygens (including phenoxy) is 1. The van der Waals surface area contributed by atoms with E-state index >= 15 is 0 Å². The van der Waals surface area contributed by atoms with Gasteiger partial charge in [-0.3, -0.25) is 0 Å². The highest BCUT2D eigenvalue weighted by molar-refractivity contribution is 5.86. The van der Waals surface area contributed by atoms with Crippen molar-refractivity contribution < 1.29 is 9.84 Å². The minimum Gasteiger partial charge on any atom is -0.377 e. The topological polar surface area (TPSA) is 37.6 Å². The third-order valence-electron chi connectivity index (χ3n) is 7.23. The van der Waals surface area contributed by atoms with Gasteiger partial charge in [0.05, 0.1) is 17.3 Å². The number of aromatic nitrogens is 1. The van der Waals surface area contributed by atoms with Crippen molar-refractivity contribution in [2.24, 2.45) is 5.41 Å². The monoisotopic (exact) mass is 410 g/mol. The molecule has 4 heteroatoms. The Labute approximate surface area is 181 Å². The van der Waals surface area contributed by atoms with E-state index in [-0.39, 0.29) is 17.6 Å². The van der Waals surface area contributed by atoms with E-state index in [2.05, 4.69) is 73.7 Å². The number of hydrogen-bond donors (Lipinski definition) is 1. The number of allylic oxidation sites excluding steroid dienone is 1. The number of aliphatic hydroxyl groups is 1. The molecule has 2 bridgehead atoms. The minimum absolute atomic E-state index is 0.0124. The number of nitrogens with zero attached hydrogens (tertiary/aromatic N) is 2. The van der Waals surface area contributed by atoms with Crippen LogP contribution in [0.15, 0.2) is 36.5 Å². The highest BCUT2D eigenvalue weighted by atomic mass is 16.5. The fourth-order valence-corrected chi connectivity index (χ4v) is 6.06. The smallest absolute Gasteiger partial charge is 0.139 e. The van der Waals surface area contributed by atoms with Crippen LogP contribution in [0.3, 0.4) is 0 Å². The summed E-state index contributed by atoms with van der Waals surface area (Å²) in [5, 5.41) is 13.1. The molecule has 0 aliphatic carbocycles. The van der Waals surface area contributed by atoms with Crippen LogP contribution in [0.5, 0.6) is 0 Å². The van der Waals surface area contributed by atoms with Crippen LogP contribution in [0.25, 0.3) is 10.9 Å². The molecule has 1 N–H and O–H groups in total. The molecule has 164 valence electrons. The Morgan fingerprint density at radius 2 is 2.03 bits per heavy atom. The summed E-state index contributed by atoms with van der Waals surface area (Å²) in [7, 11) is 0. The molecule has 4 nitrogen and oxygen atoms in total. The van der Waals surface area contributed by atoms with Crippen molar-refractivity contribution in [3.05, 3.63) is 47.8 Å². The summed E-state index contributed by atoms with van der Waals surface area (Å²) >= 11 is 0. The normalized spacial score (nSPS) is 29.8. The maximum Gasteiger partial charge on any atom is 0.139 e. The lowest BCUT2D eigenvalue weighted by Crippen LogP contribution is -2.49. The van der Waals surface area contributed by atoms with Crippen molar-refractivity contribution in [3.63, 3.8) is 0 Å². The molecule has 1 aromatic carbocycles. The van der Waals surface area contributed by atoms with E-state index in [1.54, 1.807) is 0 Å². The summed E-state index contributed by atoms with van der Waals surface area (Å²) in [5.74, 6) is 0. The Morgan fingerprint density at radius 3 is 2.73 bits per heavy atom. The van der Waals surface area contributed by atoms with E-state index in [0.29, 0.717) is 0 Å². The van der Waals surface area contributed by atoms with E-state index in [1.807, 2.05) is 6.92 Å². The first-order chi connectivity index (χ1) is 14.3. The molecule has 2 aromatic rings. The fourth-order valence-electron chi connectivity index (χ4n) is 6.06. The maximum atomic E-state index is 11.8. The molecule has 3 atom stereocenters. The highest BCUT2D eigenvalue weighted by Gasteiger charge is 2.52. The van der Waals surface area contributed by atoms with Crippen LogP contribution < -0.4 is 0 Å². The minimum atomic E-state index is -0.914. The number of benzene rings is 1. The van der Waals surface area contributed by atoms with Gasteiger partial charge in [0.2, 0.25) is 0 Å². The Kier molecular flexibility index (Phi) is 5.75. The predicted molar refractivity (Wildman–Crippen MR) is 123 cm³/mol. The van der Waals surface area contributed by atoms with Crippen molar-refractivity contribution >= 4 is 10.9 Å². The van der Waals surface area contributed by atoms with Gasteiger partial charge in [0, 0.05) is 30.3 Å². The molecular weight excluding hydrogens is 372 g/mol. The molecule has 0 spiro atoms. The summed E-state index contributed by atoms with van der Waals surface area (Å²) in [6.07, 6.45) is 9.40. The maximum absolute atomic E-state index is 11.8. The van der Waals surface area contributed by atoms with Crippen LogP contribution >= 0.6 is 0 Å². The average Bonchev–Trinajstić information content (AvgIpc) is 3.03. The lowest BCUT2D eigenvalue weighted by molar-refractivity contribution is -0.165. The summed E-state index contributed by atoms with van der Waals surface area (Å²) in [4.78, 5) is 2.46. The van der Waals surface area contributed by atoms with Gasteiger partial charge in [-0.15, -0.1) is 0 Å². The largest absolute Gasteiger partial charge is 0.377 e. The Hall–Kier alpha value is -1.78. The zero-order valence-corrected chi connectivity index (χ0v) is 19.3. The van der Waals surface area contributed by atoms with Gasteiger partial charge >= 0.3 is 0 Å². The molecule has 1 aromatic heterocycles. The quantitative estimate of drug-likeness (QED) is 0.698. The van der Waals surface area contributed by atoms with Crippen molar-refractivity contribution in [1.29, 1.82) is 0 Å². The number of hydrogen-bond acceptors (Lipinski definition) is 3. The number of rotatable bonds is 4. The highest BCUT2D eigenvalue weighted by Crippen LogP contribution is 2.57. The van der Waals surface area contributed by atoms with Crippen LogP contribution in [-0.4, -0.2) is 33.8 Å². The number of fused-ring (bicyclic) bond motifs is 4. The van der Waals surface area contributed by atoms with Gasteiger partial charge in [-0.1, -0.05) is 31.2 Å². The average molecular weight is 411 g/mol. The van der Waals surface area contributed by atoms with E-state index < -0.39 is 5.72 Å². The lowest BCUT2D eigenvalue weighted by atomic mass is 9.66. The first-order valence-corrected chi connectivity index (χ1v) is 11.7. The van der Waals surface area contributed by atoms with E-state index in [4.69, 9.17) is 4.74 Å². The summed E-state index contributed by atoms with van der Waals surface area (Å²) in [6.45, 7) is 12.7. The second-order valence-corrected chi connectivity index (χ2v) is 9.76. The lowest BCUT2D eigenvalue weighted by Gasteiger charge is -2.51. The number of para-hydroxylation sites is 1. The zero-order chi connectivity index (χ0) is 21.5. The molecule has 0 saturated heterocycles. The molecule has 0 fully saturated rings. The third kappa shape index (κ3) is 3.48. The van der Waals surface area contributed by atoms with Gasteiger partial charge in [-0.25, -0.2) is 0 Å². The Balaban J connectivity index is 2.00.